The lowest BCUT2D eigenvalue weighted by Crippen LogP contribution is -2.13. The molecule has 0 atom stereocenters. The Bertz CT molecular complexity index is 676. The highest BCUT2D eigenvalue weighted by molar-refractivity contribution is 5.98. The van der Waals surface area contributed by atoms with E-state index in [2.05, 4.69) is 11.1 Å². The predicted molar refractivity (Wildman–Crippen MR) is 67.5 cm³/mol. The van der Waals surface area contributed by atoms with Crippen LogP contribution in [0.1, 0.15) is 40.0 Å². The second-order valence-electron chi connectivity index (χ2n) is 4.95. The van der Waals surface area contributed by atoms with Crippen LogP contribution >= 0.6 is 0 Å². The molecule has 2 aliphatic carbocycles. The number of rotatable bonds is 0. The summed E-state index contributed by atoms with van der Waals surface area (Å²) < 4.78 is 0. The third kappa shape index (κ3) is 1.27. The van der Waals surface area contributed by atoms with Crippen molar-refractivity contribution >= 4 is 5.78 Å². The maximum absolute atomic E-state index is 11.9. The molecule has 2 aromatic heterocycles. The van der Waals surface area contributed by atoms with Crippen LogP contribution in [0, 0.1) is 0 Å². The zero-order valence-electron chi connectivity index (χ0n) is 9.94. The van der Waals surface area contributed by atoms with Crippen LogP contribution in [-0.2, 0) is 12.8 Å². The van der Waals surface area contributed by atoms with Gasteiger partial charge >= 0.3 is 0 Å². The Morgan fingerprint density at radius 2 is 2.06 bits per heavy atom. The third-order valence-electron chi connectivity index (χ3n) is 3.79. The molecular weight excluding hydrogens is 224 g/mol. The van der Waals surface area contributed by atoms with Gasteiger partial charge in [-0.3, -0.25) is 14.8 Å². The van der Waals surface area contributed by atoms with Crippen molar-refractivity contribution in [1.82, 2.24) is 9.97 Å². The zero-order valence-corrected chi connectivity index (χ0v) is 9.94. The van der Waals surface area contributed by atoms with Crippen LogP contribution in [0.2, 0.25) is 0 Å². The minimum atomic E-state index is 0.246. The fourth-order valence-electron chi connectivity index (χ4n) is 2.92. The molecule has 0 bridgehead atoms. The Morgan fingerprint density at radius 3 is 3.00 bits per heavy atom. The van der Waals surface area contributed by atoms with Crippen LogP contribution in [0.25, 0.3) is 11.4 Å². The normalized spacial score (nSPS) is 16.1. The number of carbonyl (C=O) groups excluding carboxylic acids is 1. The van der Waals surface area contributed by atoms with Crippen molar-refractivity contribution in [3.05, 3.63) is 46.8 Å². The van der Waals surface area contributed by atoms with Crippen LogP contribution in [0.4, 0.5) is 0 Å². The number of ketones is 1. The van der Waals surface area contributed by atoms with E-state index in [9.17, 15) is 4.79 Å². The van der Waals surface area contributed by atoms with Gasteiger partial charge in [0.1, 0.15) is 0 Å². The number of carbonyl (C=O) groups is 1. The molecule has 4 rings (SSSR count). The molecule has 0 radical (unpaired) electrons. The molecule has 88 valence electrons. The molecule has 3 heteroatoms. The minimum absolute atomic E-state index is 0.246. The first-order valence-electron chi connectivity index (χ1n) is 6.33. The second-order valence-corrected chi connectivity index (χ2v) is 4.95. The van der Waals surface area contributed by atoms with Crippen LogP contribution < -0.4 is 0 Å². The summed E-state index contributed by atoms with van der Waals surface area (Å²) >= 11 is 0. The van der Waals surface area contributed by atoms with Gasteiger partial charge in [0.25, 0.3) is 0 Å². The molecule has 0 N–H and O–H groups in total. The lowest BCUT2D eigenvalue weighted by molar-refractivity contribution is 0.0971. The largest absolute Gasteiger partial charge is 0.294 e. The highest BCUT2D eigenvalue weighted by atomic mass is 16.1. The standard InChI is InChI=1S/C15H12N2O/c18-13-5-1-4-12-11(13)8-10-7-9-3-2-6-16-14(9)15(10)17-12/h2-3,6,8H,1,4-5,7H2. The number of hydrogen-bond donors (Lipinski definition) is 0. The molecule has 2 aromatic rings. The van der Waals surface area contributed by atoms with Gasteiger partial charge in [-0.05, 0) is 36.1 Å². The van der Waals surface area contributed by atoms with Crippen molar-refractivity contribution < 1.29 is 4.79 Å². The van der Waals surface area contributed by atoms with E-state index in [0.29, 0.717) is 6.42 Å². The summed E-state index contributed by atoms with van der Waals surface area (Å²) in [5.41, 5.74) is 6.15. The molecule has 0 aliphatic heterocycles. The van der Waals surface area contributed by atoms with Crippen molar-refractivity contribution in [3.63, 3.8) is 0 Å². The zero-order chi connectivity index (χ0) is 12.1. The van der Waals surface area contributed by atoms with Gasteiger partial charge in [0.05, 0.1) is 17.1 Å². The molecule has 3 nitrogen and oxygen atoms in total. The van der Waals surface area contributed by atoms with E-state index in [-0.39, 0.29) is 5.78 Å². The summed E-state index contributed by atoms with van der Waals surface area (Å²) in [5.74, 6) is 0.246. The predicted octanol–water partition coefficient (Wildman–Crippen LogP) is 2.57. The molecule has 18 heavy (non-hydrogen) atoms. The SMILES string of the molecule is O=C1CCCc2nc3c(cc21)Cc1cccnc1-3. The Balaban J connectivity index is 1.95. The molecule has 0 fully saturated rings. The highest BCUT2D eigenvalue weighted by Gasteiger charge is 2.26. The monoisotopic (exact) mass is 236 g/mol. The van der Waals surface area contributed by atoms with E-state index in [1.165, 1.54) is 5.56 Å². The Morgan fingerprint density at radius 1 is 1.11 bits per heavy atom. The smallest absolute Gasteiger partial charge is 0.164 e. The maximum Gasteiger partial charge on any atom is 0.164 e. The molecule has 0 spiro atoms. The molecule has 0 amide bonds. The summed E-state index contributed by atoms with van der Waals surface area (Å²) in [5, 5.41) is 0. The first kappa shape index (κ1) is 9.95. The Labute approximate surface area is 105 Å². The second kappa shape index (κ2) is 3.48. The summed E-state index contributed by atoms with van der Waals surface area (Å²) in [4.78, 5) is 21.0. The molecular formula is C15H12N2O. The van der Waals surface area contributed by atoms with E-state index in [1.807, 2.05) is 12.1 Å². The third-order valence-corrected chi connectivity index (χ3v) is 3.79. The minimum Gasteiger partial charge on any atom is -0.294 e. The van der Waals surface area contributed by atoms with Crippen LogP contribution in [-0.4, -0.2) is 15.8 Å². The van der Waals surface area contributed by atoms with Crippen molar-refractivity contribution in [2.45, 2.75) is 25.7 Å². The topological polar surface area (TPSA) is 42.9 Å². The molecule has 0 saturated carbocycles. The van der Waals surface area contributed by atoms with E-state index >= 15 is 0 Å². The number of fused-ring (bicyclic) bond motifs is 4. The Hall–Kier alpha value is -2.03. The first-order chi connectivity index (χ1) is 8.83. The van der Waals surface area contributed by atoms with Gasteiger partial charge < -0.3 is 0 Å². The van der Waals surface area contributed by atoms with Gasteiger partial charge in [-0.15, -0.1) is 0 Å². The summed E-state index contributed by atoms with van der Waals surface area (Å²) in [7, 11) is 0. The fourth-order valence-corrected chi connectivity index (χ4v) is 2.92. The first-order valence-corrected chi connectivity index (χ1v) is 6.33. The number of aromatic nitrogens is 2. The van der Waals surface area contributed by atoms with E-state index in [4.69, 9.17) is 4.98 Å². The lowest BCUT2D eigenvalue weighted by Gasteiger charge is -2.15. The summed E-state index contributed by atoms with van der Waals surface area (Å²) in [6.07, 6.45) is 5.16. The van der Waals surface area contributed by atoms with E-state index in [0.717, 1.165) is 47.5 Å². The number of hydrogen-bond acceptors (Lipinski definition) is 3. The average Bonchev–Trinajstić information content (AvgIpc) is 2.75. The van der Waals surface area contributed by atoms with E-state index < -0.39 is 0 Å². The van der Waals surface area contributed by atoms with Gasteiger partial charge in [-0.1, -0.05) is 6.07 Å². The lowest BCUT2D eigenvalue weighted by atomic mass is 9.93. The van der Waals surface area contributed by atoms with Gasteiger partial charge in [0.15, 0.2) is 5.78 Å². The van der Waals surface area contributed by atoms with E-state index in [1.54, 1.807) is 6.20 Å². The van der Waals surface area contributed by atoms with Crippen LogP contribution in [0.5, 0.6) is 0 Å². The highest BCUT2D eigenvalue weighted by Crippen LogP contribution is 2.35. The molecule has 2 heterocycles. The quantitative estimate of drug-likeness (QED) is 0.602. The average molecular weight is 236 g/mol. The maximum atomic E-state index is 11.9. The van der Waals surface area contributed by atoms with Gasteiger partial charge in [-0.2, -0.15) is 0 Å². The van der Waals surface area contributed by atoms with Gasteiger partial charge in [-0.25, -0.2) is 0 Å². The fraction of sp³-hybridized carbons (Fsp3) is 0.267. The summed E-state index contributed by atoms with van der Waals surface area (Å²) in [6, 6.07) is 6.08. The van der Waals surface area contributed by atoms with Crippen molar-refractivity contribution in [2.24, 2.45) is 0 Å². The van der Waals surface area contributed by atoms with Crippen molar-refractivity contribution in [1.29, 1.82) is 0 Å². The molecule has 0 unspecified atom stereocenters. The number of nitrogens with zero attached hydrogens (tertiary/aromatic N) is 2. The molecule has 0 saturated heterocycles. The van der Waals surface area contributed by atoms with Gasteiger partial charge in [0, 0.05) is 24.6 Å². The molecule has 0 aromatic carbocycles. The van der Waals surface area contributed by atoms with Gasteiger partial charge in [0.2, 0.25) is 0 Å². The number of aryl methyl sites for hydroxylation is 1. The van der Waals surface area contributed by atoms with Crippen LogP contribution in [0.15, 0.2) is 24.4 Å². The Kier molecular flexibility index (Phi) is 1.92. The number of Topliss-reactive ketones (excluding diaryl/α,β-unsaturated/α-hetero) is 1. The van der Waals surface area contributed by atoms with Crippen molar-refractivity contribution in [2.75, 3.05) is 0 Å². The molecule has 2 aliphatic rings. The number of pyridine rings is 2. The summed E-state index contributed by atoms with van der Waals surface area (Å²) in [6.45, 7) is 0. The van der Waals surface area contributed by atoms with Crippen LogP contribution in [0.3, 0.4) is 0 Å². The van der Waals surface area contributed by atoms with Crippen molar-refractivity contribution in [3.8, 4) is 11.4 Å².